The van der Waals surface area contributed by atoms with Gasteiger partial charge in [0.1, 0.15) is 0 Å². The highest BCUT2D eigenvalue weighted by atomic mass is 32.3. The third kappa shape index (κ3) is 2.18. The van der Waals surface area contributed by atoms with Gasteiger partial charge in [0.2, 0.25) is 0 Å². The van der Waals surface area contributed by atoms with Gasteiger partial charge in [-0.15, -0.1) is 0 Å². The van der Waals surface area contributed by atoms with Crippen molar-refractivity contribution in [3.8, 4) is 0 Å². The molecular formula is C6H12N2O4S. The molecule has 7 heteroatoms. The molecule has 2 aliphatic heterocycles. The average molecular weight is 208 g/mol. The van der Waals surface area contributed by atoms with Gasteiger partial charge in [0.15, 0.2) is 0 Å². The Morgan fingerprint density at radius 3 is 2.85 bits per heavy atom. The number of hydrogen-bond donors (Lipinski definition) is 1. The molecular weight excluding hydrogens is 196 g/mol. The van der Waals surface area contributed by atoms with Crippen molar-refractivity contribution in [2.24, 2.45) is 0 Å². The number of fused-ring (bicyclic) bond motifs is 2. The Labute approximate surface area is 77.0 Å². The molecule has 0 aromatic heterocycles. The monoisotopic (exact) mass is 208 g/mol. The van der Waals surface area contributed by atoms with Crippen molar-refractivity contribution >= 4 is 10.4 Å². The Balaban J connectivity index is 2.02. The second-order valence-electron chi connectivity index (χ2n) is 3.43. The van der Waals surface area contributed by atoms with Crippen LogP contribution in [0, 0.1) is 0 Å². The summed E-state index contributed by atoms with van der Waals surface area (Å²) >= 11 is 0. The molecule has 2 heterocycles. The van der Waals surface area contributed by atoms with Gasteiger partial charge in [-0.3, -0.25) is 9.45 Å². The van der Waals surface area contributed by atoms with E-state index in [-0.39, 0.29) is 6.04 Å². The Morgan fingerprint density at radius 1 is 1.46 bits per heavy atom. The maximum Gasteiger partial charge on any atom is 0.413 e. The van der Waals surface area contributed by atoms with E-state index in [9.17, 15) is 8.42 Å². The highest BCUT2D eigenvalue weighted by Gasteiger charge is 2.36. The lowest BCUT2D eigenvalue weighted by molar-refractivity contribution is -0.0763. The minimum Gasteiger partial charge on any atom is -0.287 e. The van der Waals surface area contributed by atoms with Gasteiger partial charge in [-0.05, 0) is 19.4 Å². The Morgan fingerprint density at radius 2 is 2.23 bits per heavy atom. The van der Waals surface area contributed by atoms with Gasteiger partial charge >= 0.3 is 10.4 Å². The van der Waals surface area contributed by atoms with Crippen LogP contribution in [0.4, 0.5) is 0 Å². The largest absolute Gasteiger partial charge is 0.413 e. The molecule has 2 unspecified atom stereocenters. The van der Waals surface area contributed by atoms with Crippen LogP contribution in [0.5, 0.6) is 0 Å². The van der Waals surface area contributed by atoms with Gasteiger partial charge in [-0.1, -0.05) is 0 Å². The first-order valence-corrected chi connectivity index (χ1v) is 5.57. The third-order valence-electron chi connectivity index (χ3n) is 2.42. The van der Waals surface area contributed by atoms with E-state index < -0.39 is 10.4 Å². The van der Waals surface area contributed by atoms with Crippen LogP contribution in [-0.2, 0) is 14.7 Å². The van der Waals surface area contributed by atoms with Crippen molar-refractivity contribution in [3.63, 3.8) is 0 Å². The standard InChI is InChI=1S/C6H12N2O4S/c9-13(10,11)12-8-5-7-3-1-2-6(8)4-7/h6H,1-5H2,(H,9,10,11). The molecule has 76 valence electrons. The summed E-state index contributed by atoms with van der Waals surface area (Å²) in [4.78, 5) is 2.10. The molecule has 2 fully saturated rings. The van der Waals surface area contributed by atoms with E-state index in [0.29, 0.717) is 6.67 Å². The van der Waals surface area contributed by atoms with Crippen molar-refractivity contribution in [1.29, 1.82) is 0 Å². The Bertz CT molecular complexity index is 291. The topological polar surface area (TPSA) is 70.1 Å². The second-order valence-corrected chi connectivity index (χ2v) is 4.44. The van der Waals surface area contributed by atoms with Crippen LogP contribution in [0.25, 0.3) is 0 Å². The molecule has 0 radical (unpaired) electrons. The zero-order chi connectivity index (χ0) is 9.47. The lowest BCUT2D eigenvalue weighted by atomic mass is 10.1. The maximum atomic E-state index is 10.4. The van der Waals surface area contributed by atoms with Crippen LogP contribution in [0.3, 0.4) is 0 Å². The van der Waals surface area contributed by atoms with E-state index >= 15 is 0 Å². The molecule has 2 atom stereocenters. The van der Waals surface area contributed by atoms with Gasteiger partial charge in [-0.25, -0.2) is 0 Å². The van der Waals surface area contributed by atoms with E-state index in [1.54, 1.807) is 0 Å². The van der Waals surface area contributed by atoms with Crippen LogP contribution in [0.1, 0.15) is 12.8 Å². The zero-order valence-electron chi connectivity index (χ0n) is 7.09. The summed E-state index contributed by atoms with van der Waals surface area (Å²) in [7, 11) is -4.35. The van der Waals surface area contributed by atoms with Crippen molar-refractivity contribution in [2.75, 3.05) is 19.8 Å². The van der Waals surface area contributed by atoms with E-state index in [2.05, 4.69) is 9.18 Å². The predicted molar refractivity (Wildman–Crippen MR) is 43.9 cm³/mol. The van der Waals surface area contributed by atoms with E-state index in [1.165, 1.54) is 5.06 Å². The summed E-state index contributed by atoms with van der Waals surface area (Å²) in [5, 5.41) is 1.34. The van der Waals surface area contributed by atoms with E-state index in [4.69, 9.17) is 4.55 Å². The number of rotatable bonds is 2. The second kappa shape index (κ2) is 3.18. The first-order chi connectivity index (χ1) is 6.04. The summed E-state index contributed by atoms with van der Waals surface area (Å²) in [6, 6.07) is 0.107. The minimum atomic E-state index is -4.35. The summed E-state index contributed by atoms with van der Waals surface area (Å²) in [5.41, 5.74) is 0. The summed E-state index contributed by atoms with van der Waals surface area (Å²) in [6.07, 6.45) is 1.97. The first kappa shape index (κ1) is 9.35. The molecule has 1 N–H and O–H groups in total. The van der Waals surface area contributed by atoms with Gasteiger partial charge in [0.05, 0.1) is 12.7 Å². The van der Waals surface area contributed by atoms with Gasteiger partial charge in [0.25, 0.3) is 0 Å². The molecule has 0 amide bonds. The number of piperidine rings is 1. The normalized spacial score (nSPS) is 35.2. The van der Waals surface area contributed by atoms with Crippen molar-refractivity contribution in [2.45, 2.75) is 18.9 Å². The highest BCUT2D eigenvalue weighted by molar-refractivity contribution is 7.80. The lowest BCUT2D eigenvalue weighted by Crippen LogP contribution is -2.33. The molecule has 6 nitrogen and oxygen atoms in total. The van der Waals surface area contributed by atoms with Gasteiger partial charge < -0.3 is 0 Å². The molecule has 2 rings (SSSR count). The van der Waals surface area contributed by atoms with Crippen molar-refractivity contribution < 1.29 is 17.3 Å². The first-order valence-electron chi connectivity index (χ1n) is 4.20. The van der Waals surface area contributed by atoms with Crippen LogP contribution >= 0.6 is 0 Å². The van der Waals surface area contributed by atoms with E-state index in [1.807, 2.05) is 0 Å². The average Bonchev–Trinajstić information content (AvgIpc) is 2.24. The number of hydroxylamine groups is 2. The predicted octanol–water partition coefficient (Wildman–Crippen LogP) is -0.542. The Kier molecular flexibility index (Phi) is 2.28. The fraction of sp³-hybridized carbons (Fsp3) is 1.00. The molecule has 2 bridgehead atoms. The fourth-order valence-corrected chi connectivity index (χ4v) is 2.32. The van der Waals surface area contributed by atoms with Gasteiger partial charge in [-0.2, -0.15) is 17.8 Å². The number of nitrogens with zero attached hydrogens (tertiary/aromatic N) is 2. The summed E-state index contributed by atoms with van der Waals surface area (Å²) in [6.45, 7) is 2.27. The molecule has 2 aliphatic rings. The lowest BCUT2D eigenvalue weighted by Gasteiger charge is -2.21. The summed E-state index contributed by atoms with van der Waals surface area (Å²) in [5.74, 6) is 0. The molecule has 0 saturated carbocycles. The highest BCUT2D eigenvalue weighted by Crippen LogP contribution is 2.23. The summed E-state index contributed by atoms with van der Waals surface area (Å²) < 4.78 is 33.8. The zero-order valence-corrected chi connectivity index (χ0v) is 7.90. The smallest absolute Gasteiger partial charge is 0.287 e. The van der Waals surface area contributed by atoms with Crippen LogP contribution < -0.4 is 0 Å². The molecule has 2 saturated heterocycles. The maximum absolute atomic E-state index is 10.4. The molecule has 0 aromatic rings. The third-order valence-corrected chi connectivity index (χ3v) is 2.80. The molecule has 0 aromatic carbocycles. The van der Waals surface area contributed by atoms with Crippen molar-refractivity contribution in [3.05, 3.63) is 0 Å². The van der Waals surface area contributed by atoms with Crippen LogP contribution in [0.2, 0.25) is 0 Å². The Hall–Kier alpha value is -0.210. The minimum absolute atomic E-state index is 0.107. The van der Waals surface area contributed by atoms with Crippen LogP contribution in [-0.4, -0.2) is 48.7 Å². The van der Waals surface area contributed by atoms with Crippen molar-refractivity contribution in [1.82, 2.24) is 9.96 Å². The van der Waals surface area contributed by atoms with Crippen LogP contribution in [0.15, 0.2) is 0 Å². The fourth-order valence-electron chi connectivity index (χ4n) is 1.91. The quantitative estimate of drug-likeness (QED) is 0.614. The SMILES string of the molecule is O=S(=O)(O)ON1CN2CCCC1C2. The molecule has 13 heavy (non-hydrogen) atoms. The molecule has 0 spiro atoms. The van der Waals surface area contributed by atoms with E-state index in [0.717, 1.165) is 25.9 Å². The van der Waals surface area contributed by atoms with Gasteiger partial charge in [0, 0.05) is 6.54 Å². The number of hydrogen-bond acceptors (Lipinski definition) is 5. The molecule has 0 aliphatic carbocycles.